The average molecular weight is 297 g/mol. The van der Waals surface area contributed by atoms with Crippen molar-refractivity contribution >= 4 is 21.8 Å². The van der Waals surface area contributed by atoms with Crippen molar-refractivity contribution in [2.75, 3.05) is 26.7 Å². The first-order valence-electron chi connectivity index (χ1n) is 6.04. The fourth-order valence-corrected chi connectivity index (χ4v) is 3.35. The molecule has 1 saturated heterocycles. The SMILES string of the molecule is CNC(=O)c1cccc(S(=O)(=O)N2CCNC(=O)C2)c1. The van der Waals surface area contributed by atoms with Crippen LogP contribution in [0.3, 0.4) is 0 Å². The lowest BCUT2D eigenvalue weighted by atomic mass is 10.2. The zero-order valence-electron chi connectivity index (χ0n) is 10.9. The number of carbonyl (C=O) groups excluding carboxylic acids is 2. The Hall–Kier alpha value is -1.93. The van der Waals surface area contributed by atoms with Gasteiger partial charge in [0.2, 0.25) is 15.9 Å². The van der Waals surface area contributed by atoms with Gasteiger partial charge in [-0.05, 0) is 18.2 Å². The van der Waals surface area contributed by atoms with Crippen molar-refractivity contribution in [2.24, 2.45) is 0 Å². The molecule has 1 heterocycles. The van der Waals surface area contributed by atoms with Crippen LogP contribution >= 0.6 is 0 Å². The molecule has 1 aromatic carbocycles. The van der Waals surface area contributed by atoms with Gasteiger partial charge in [-0.2, -0.15) is 4.31 Å². The molecule has 0 atom stereocenters. The molecule has 1 aliphatic heterocycles. The van der Waals surface area contributed by atoms with Crippen LogP contribution in [0.15, 0.2) is 29.2 Å². The minimum atomic E-state index is -3.77. The minimum absolute atomic E-state index is 0.00769. The number of hydrogen-bond acceptors (Lipinski definition) is 4. The molecule has 0 bridgehead atoms. The van der Waals surface area contributed by atoms with Crippen molar-refractivity contribution in [1.82, 2.24) is 14.9 Å². The lowest BCUT2D eigenvalue weighted by molar-refractivity contribution is -0.122. The topological polar surface area (TPSA) is 95.6 Å². The maximum absolute atomic E-state index is 12.4. The van der Waals surface area contributed by atoms with E-state index in [1.54, 1.807) is 0 Å². The third kappa shape index (κ3) is 2.81. The number of piperazine rings is 1. The Morgan fingerprint density at radius 2 is 2.15 bits per heavy atom. The van der Waals surface area contributed by atoms with E-state index in [1.807, 2.05) is 0 Å². The maximum Gasteiger partial charge on any atom is 0.251 e. The maximum atomic E-state index is 12.4. The molecule has 2 amide bonds. The Bertz CT molecular complexity index is 642. The first-order chi connectivity index (χ1) is 9.45. The summed E-state index contributed by atoms with van der Waals surface area (Å²) < 4.78 is 25.9. The molecular weight excluding hydrogens is 282 g/mol. The molecule has 0 saturated carbocycles. The predicted molar refractivity (Wildman–Crippen MR) is 71.6 cm³/mol. The van der Waals surface area contributed by atoms with Crippen LogP contribution < -0.4 is 10.6 Å². The predicted octanol–water partition coefficient (Wildman–Crippen LogP) is -0.833. The van der Waals surface area contributed by atoms with E-state index in [2.05, 4.69) is 10.6 Å². The van der Waals surface area contributed by atoms with E-state index in [9.17, 15) is 18.0 Å². The standard InChI is InChI=1S/C12H15N3O4S/c1-13-12(17)9-3-2-4-10(7-9)20(18,19)15-6-5-14-11(16)8-15/h2-4,7H,5-6,8H2,1H3,(H,13,17)(H,14,16). The molecule has 1 aromatic rings. The average Bonchev–Trinajstić information content (AvgIpc) is 2.46. The lowest BCUT2D eigenvalue weighted by Crippen LogP contribution is -2.49. The van der Waals surface area contributed by atoms with Gasteiger partial charge in [-0.25, -0.2) is 8.42 Å². The summed E-state index contributed by atoms with van der Waals surface area (Å²) >= 11 is 0. The molecule has 7 nitrogen and oxygen atoms in total. The number of hydrogen-bond donors (Lipinski definition) is 2. The molecule has 0 radical (unpaired) electrons. The van der Waals surface area contributed by atoms with E-state index >= 15 is 0 Å². The van der Waals surface area contributed by atoms with E-state index in [4.69, 9.17) is 0 Å². The molecule has 1 aliphatic rings. The Labute approximate surface area is 117 Å². The van der Waals surface area contributed by atoms with E-state index in [0.717, 1.165) is 4.31 Å². The van der Waals surface area contributed by atoms with E-state index < -0.39 is 10.0 Å². The third-order valence-electron chi connectivity index (χ3n) is 2.96. The molecule has 8 heteroatoms. The van der Waals surface area contributed by atoms with Gasteiger partial charge in [0.15, 0.2) is 0 Å². The first kappa shape index (κ1) is 14.5. The number of nitrogens with one attached hydrogen (secondary N) is 2. The summed E-state index contributed by atoms with van der Waals surface area (Å²) in [5, 5.41) is 5.00. The molecule has 0 spiro atoms. The monoisotopic (exact) mass is 297 g/mol. The van der Waals surface area contributed by atoms with Crippen LogP contribution in [0.25, 0.3) is 0 Å². The van der Waals surface area contributed by atoms with Crippen molar-refractivity contribution in [3.8, 4) is 0 Å². The number of carbonyl (C=O) groups is 2. The molecule has 0 aromatic heterocycles. The number of benzene rings is 1. The van der Waals surface area contributed by atoms with E-state index in [1.165, 1.54) is 31.3 Å². The van der Waals surface area contributed by atoms with Gasteiger partial charge in [-0.1, -0.05) is 6.07 Å². The van der Waals surface area contributed by atoms with Crippen LogP contribution in [0.1, 0.15) is 10.4 Å². The molecule has 1 fully saturated rings. The number of sulfonamides is 1. The minimum Gasteiger partial charge on any atom is -0.355 e. The summed E-state index contributed by atoms with van der Waals surface area (Å²) in [5.41, 5.74) is 0.259. The number of rotatable bonds is 3. The zero-order chi connectivity index (χ0) is 14.8. The third-order valence-corrected chi connectivity index (χ3v) is 4.81. The van der Waals surface area contributed by atoms with Gasteiger partial charge in [0.05, 0.1) is 11.4 Å². The van der Waals surface area contributed by atoms with Crippen molar-refractivity contribution in [3.05, 3.63) is 29.8 Å². The van der Waals surface area contributed by atoms with Crippen molar-refractivity contribution in [2.45, 2.75) is 4.90 Å². The van der Waals surface area contributed by atoms with Gasteiger partial charge in [0, 0.05) is 25.7 Å². The lowest BCUT2D eigenvalue weighted by Gasteiger charge is -2.26. The van der Waals surface area contributed by atoms with Crippen LogP contribution in [0.5, 0.6) is 0 Å². The van der Waals surface area contributed by atoms with Crippen LogP contribution in [0.2, 0.25) is 0 Å². The fourth-order valence-electron chi connectivity index (χ4n) is 1.91. The van der Waals surface area contributed by atoms with Gasteiger partial charge < -0.3 is 10.6 Å². The summed E-state index contributed by atoms with van der Waals surface area (Å²) in [6, 6.07) is 5.75. The molecule has 0 aliphatic carbocycles. The molecule has 20 heavy (non-hydrogen) atoms. The fraction of sp³-hybridized carbons (Fsp3) is 0.333. The highest BCUT2D eigenvalue weighted by Crippen LogP contribution is 2.17. The number of nitrogens with zero attached hydrogens (tertiary/aromatic N) is 1. The Balaban J connectivity index is 2.34. The molecule has 0 unspecified atom stereocenters. The largest absolute Gasteiger partial charge is 0.355 e. The summed E-state index contributed by atoms with van der Waals surface area (Å²) in [5.74, 6) is -0.694. The van der Waals surface area contributed by atoms with Gasteiger partial charge >= 0.3 is 0 Å². The van der Waals surface area contributed by atoms with Crippen LogP contribution in [0.4, 0.5) is 0 Å². The van der Waals surface area contributed by atoms with Gasteiger partial charge in [-0.15, -0.1) is 0 Å². The van der Waals surface area contributed by atoms with E-state index in [-0.39, 0.29) is 41.9 Å². The smallest absolute Gasteiger partial charge is 0.251 e. The highest BCUT2D eigenvalue weighted by atomic mass is 32.2. The Kier molecular flexibility index (Phi) is 4.05. The Morgan fingerprint density at radius 3 is 2.80 bits per heavy atom. The van der Waals surface area contributed by atoms with Crippen molar-refractivity contribution in [1.29, 1.82) is 0 Å². The van der Waals surface area contributed by atoms with Crippen LogP contribution in [0, 0.1) is 0 Å². The molecule has 2 rings (SSSR count). The van der Waals surface area contributed by atoms with Gasteiger partial charge in [0.1, 0.15) is 0 Å². The molecule has 108 valence electrons. The molecular formula is C12H15N3O4S. The normalized spacial score (nSPS) is 16.6. The van der Waals surface area contributed by atoms with Crippen LogP contribution in [-0.4, -0.2) is 51.2 Å². The van der Waals surface area contributed by atoms with Crippen molar-refractivity contribution in [3.63, 3.8) is 0 Å². The van der Waals surface area contributed by atoms with Crippen LogP contribution in [-0.2, 0) is 14.8 Å². The van der Waals surface area contributed by atoms with E-state index in [0.29, 0.717) is 0 Å². The molecule has 2 N–H and O–H groups in total. The Morgan fingerprint density at radius 1 is 1.40 bits per heavy atom. The first-order valence-corrected chi connectivity index (χ1v) is 7.48. The quantitative estimate of drug-likeness (QED) is 0.761. The zero-order valence-corrected chi connectivity index (χ0v) is 11.7. The van der Waals surface area contributed by atoms with Crippen molar-refractivity contribution < 1.29 is 18.0 Å². The number of amides is 2. The second-order valence-electron chi connectivity index (χ2n) is 4.30. The summed E-state index contributed by atoms with van der Waals surface area (Å²) in [6.07, 6.45) is 0. The summed E-state index contributed by atoms with van der Waals surface area (Å²) in [6.45, 7) is 0.304. The highest BCUT2D eigenvalue weighted by Gasteiger charge is 2.29. The highest BCUT2D eigenvalue weighted by molar-refractivity contribution is 7.89. The summed E-state index contributed by atoms with van der Waals surface area (Å²) in [4.78, 5) is 22.8. The second-order valence-corrected chi connectivity index (χ2v) is 6.23. The van der Waals surface area contributed by atoms with Gasteiger partial charge in [-0.3, -0.25) is 9.59 Å². The summed E-state index contributed by atoms with van der Waals surface area (Å²) in [7, 11) is -2.30. The van der Waals surface area contributed by atoms with Gasteiger partial charge in [0.25, 0.3) is 5.91 Å². The second kappa shape index (κ2) is 5.59.